The van der Waals surface area contributed by atoms with Crippen LogP contribution in [0, 0.1) is 0 Å². The number of hydrogen-bond donors (Lipinski definition) is 1. The summed E-state index contributed by atoms with van der Waals surface area (Å²) in [7, 11) is 0. The Balaban J connectivity index is 1.24. The number of carbonyl (C=O) groups is 1. The van der Waals surface area contributed by atoms with Crippen LogP contribution in [0.1, 0.15) is 59.3 Å². The third kappa shape index (κ3) is 4.28. The molecule has 4 rings (SSSR count). The van der Waals surface area contributed by atoms with Crippen molar-refractivity contribution in [3.8, 4) is 0 Å². The van der Waals surface area contributed by atoms with Gasteiger partial charge in [-0.25, -0.2) is 9.97 Å². The van der Waals surface area contributed by atoms with Crippen molar-refractivity contribution in [2.75, 3.05) is 26.2 Å². The summed E-state index contributed by atoms with van der Waals surface area (Å²) in [5.74, 6) is 1.92. The fourth-order valence-corrected chi connectivity index (χ4v) is 3.69. The minimum atomic E-state index is -0.0797. The van der Waals surface area contributed by atoms with Crippen LogP contribution in [0.25, 0.3) is 0 Å². The van der Waals surface area contributed by atoms with E-state index in [0.29, 0.717) is 23.9 Å². The monoisotopic (exact) mass is 350 g/mol. The number of piperidine rings is 1. The molecule has 1 aliphatic carbocycles. The number of benzene rings is 1. The zero-order valence-electron chi connectivity index (χ0n) is 15.1. The molecule has 1 amide bonds. The molecule has 0 unspecified atom stereocenters. The third-order valence-corrected chi connectivity index (χ3v) is 5.37. The van der Waals surface area contributed by atoms with Gasteiger partial charge in [0, 0.05) is 37.9 Å². The summed E-state index contributed by atoms with van der Waals surface area (Å²) in [4.78, 5) is 23.4. The van der Waals surface area contributed by atoms with Crippen molar-refractivity contribution < 1.29 is 4.79 Å². The number of likely N-dealkylation sites (tertiary alicyclic amines) is 1. The molecular formula is C21H26N4O. The van der Waals surface area contributed by atoms with Crippen molar-refractivity contribution in [2.24, 2.45) is 0 Å². The second-order valence-electron chi connectivity index (χ2n) is 7.41. The lowest BCUT2D eigenvalue weighted by atomic mass is 9.91. The Morgan fingerprint density at radius 3 is 2.58 bits per heavy atom. The summed E-state index contributed by atoms with van der Waals surface area (Å²) in [6, 6.07) is 10.7. The highest BCUT2D eigenvalue weighted by molar-refractivity contribution is 5.93. The van der Waals surface area contributed by atoms with E-state index in [2.05, 4.69) is 50.5 Å². The predicted molar refractivity (Wildman–Crippen MR) is 101 cm³/mol. The van der Waals surface area contributed by atoms with E-state index in [1.807, 2.05) is 0 Å². The fourth-order valence-electron chi connectivity index (χ4n) is 3.69. The van der Waals surface area contributed by atoms with Crippen LogP contribution in [0.4, 0.5) is 0 Å². The number of rotatable bonds is 6. The van der Waals surface area contributed by atoms with Crippen molar-refractivity contribution >= 4 is 5.91 Å². The van der Waals surface area contributed by atoms with Crippen molar-refractivity contribution in [2.45, 2.75) is 37.5 Å². The van der Waals surface area contributed by atoms with Crippen molar-refractivity contribution in [3.05, 3.63) is 59.7 Å². The Hall–Kier alpha value is -2.27. The number of carbonyl (C=O) groups excluding carboxylic acids is 1. The lowest BCUT2D eigenvalue weighted by Gasteiger charge is -2.33. The average Bonchev–Trinajstić information content (AvgIpc) is 3.54. The van der Waals surface area contributed by atoms with Crippen molar-refractivity contribution in [1.82, 2.24) is 20.2 Å². The molecule has 1 saturated carbocycles. The second-order valence-corrected chi connectivity index (χ2v) is 7.41. The molecule has 1 aromatic heterocycles. The Bertz CT molecular complexity index is 727. The molecule has 1 aliphatic heterocycles. The van der Waals surface area contributed by atoms with Crippen LogP contribution in [-0.2, 0) is 0 Å². The molecule has 1 saturated heterocycles. The van der Waals surface area contributed by atoms with Crippen molar-refractivity contribution in [3.63, 3.8) is 0 Å². The lowest BCUT2D eigenvalue weighted by molar-refractivity contribution is 0.0944. The first-order valence-corrected chi connectivity index (χ1v) is 9.67. The van der Waals surface area contributed by atoms with Crippen LogP contribution in [-0.4, -0.2) is 47.0 Å². The maximum atomic E-state index is 12.3. The first kappa shape index (κ1) is 17.2. The molecular weight excluding hydrogens is 324 g/mol. The predicted octanol–water partition coefficient (Wildman–Crippen LogP) is 2.96. The standard InChI is InChI=1S/C21H26N4O/c26-21(19-13-23-20(24-14-19)17-8-9-17)22-10-12-25-11-4-7-18(15-25)16-5-2-1-3-6-16/h1-3,5-6,13-14,17-18H,4,7-12,15H2,(H,22,26)/t18-/m0/s1. The number of nitrogens with one attached hydrogen (secondary N) is 1. The summed E-state index contributed by atoms with van der Waals surface area (Å²) in [6.45, 7) is 3.72. The molecule has 1 atom stereocenters. The molecule has 136 valence electrons. The largest absolute Gasteiger partial charge is 0.351 e. The summed E-state index contributed by atoms with van der Waals surface area (Å²) >= 11 is 0. The van der Waals surface area contributed by atoms with Crippen LogP contribution >= 0.6 is 0 Å². The Morgan fingerprint density at radius 2 is 1.85 bits per heavy atom. The number of nitrogens with zero attached hydrogens (tertiary/aromatic N) is 3. The van der Waals surface area contributed by atoms with E-state index in [-0.39, 0.29) is 5.91 Å². The lowest BCUT2D eigenvalue weighted by Crippen LogP contribution is -2.40. The molecule has 0 bridgehead atoms. The number of aromatic nitrogens is 2. The van der Waals surface area contributed by atoms with Gasteiger partial charge in [0.2, 0.25) is 0 Å². The summed E-state index contributed by atoms with van der Waals surface area (Å²) in [5.41, 5.74) is 1.98. The Labute approximate surface area is 154 Å². The Kier molecular flexibility index (Phi) is 5.25. The highest BCUT2D eigenvalue weighted by Gasteiger charge is 2.26. The third-order valence-electron chi connectivity index (χ3n) is 5.37. The summed E-state index contributed by atoms with van der Waals surface area (Å²) in [6.07, 6.45) is 8.11. The van der Waals surface area contributed by atoms with Gasteiger partial charge in [-0.2, -0.15) is 0 Å². The van der Waals surface area contributed by atoms with E-state index in [9.17, 15) is 4.79 Å². The summed E-state index contributed by atoms with van der Waals surface area (Å²) in [5, 5.41) is 3.00. The molecule has 0 radical (unpaired) electrons. The van der Waals surface area contributed by atoms with E-state index in [1.165, 1.54) is 31.2 Å². The molecule has 2 aliphatic rings. The fraction of sp³-hybridized carbons (Fsp3) is 0.476. The maximum Gasteiger partial charge on any atom is 0.254 e. The molecule has 0 spiro atoms. The minimum Gasteiger partial charge on any atom is -0.351 e. The number of amides is 1. The van der Waals surface area contributed by atoms with E-state index in [4.69, 9.17) is 0 Å². The van der Waals surface area contributed by atoms with Crippen LogP contribution in [0.3, 0.4) is 0 Å². The van der Waals surface area contributed by atoms with Gasteiger partial charge < -0.3 is 10.2 Å². The van der Waals surface area contributed by atoms with Gasteiger partial charge >= 0.3 is 0 Å². The van der Waals surface area contributed by atoms with Crippen LogP contribution in [0.15, 0.2) is 42.7 Å². The molecule has 1 aromatic carbocycles. The van der Waals surface area contributed by atoms with Crippen LogP contribution < -0.4 is 5.32 Å². The van der Waals surface area contributed by atoms with Gasteiger partial charge in [0.25, 0.3) is 5.91 Å². The molecule has 2 fully saturated rings. The molecule has 5 nitrogen and oxygen atoms in total. The van der Waals surface area contributed by atoms with E-state index in [0.717, 1.165) is 25.5 Å². The molecule has 1 N–H and O–H groups in total. The van der Waals surface area contributed by atoms with Crippen LogP contribution in [0.2, 0.25) is 0 Å². The average molecular weight is 350 g/mol. The SMILES string of the molecule is O=C(NCCN1CCC[C@H](c2ccccc2)C1)c1cnc(C2CC2)nc1. The van der Waals surface area contributed by atoms with Gasteiger partial charge in [-0.15, -0.1) is 0 Å². The van der Waals surface area contributed by atoms with Gasteiger partial charge in [-0.1, -0.05) is 30.3 Å². The highest BCUT2D eigenvalue weighted by atomic mass is 16.1. The second kappa shape index (κ2) is 7.96. The van der Waals surface area contributed by atoms with Gasteiger partial charge in [0.1, 0.15) is 5.82 Å². The first-order valence-electron chi connectivity index (χ1n) is 9.67. The van der Waals surface area contributed by atoms with E-state index < -0.39 is 0 Å². The zero-order chi connectivity index (χ0) is 17.8. The molecule has 26 heavy (non-hydrogen) atoms. The molecule has 5 heteroatoms. The zero-order valence-corrected chi connectivity index (χ0v) is 15.1. The van der Waals surface area contributed by atoms with Gasteiger partial charge in [0.05, 0.1) is 5.56 Å². The van der Waals surface area contributed by atoms with Gasteiger partial charge in [0.15, 0.2) is 0 Å². The van der Waals surface area contributed by atoms with Gasteiger partial charge in [-0.05, 0) is 43.7 Å². The smallest absolute Gasteiger partial charge is 0.254 e. The maximum absolute atomic E-state index is 12.3. The Morgan fingerprint density at radius 1 is 1.08 bits per heavy atom. The first-order chi connectivity index (χ1) is 12.8. The number of hydrogen-bond acceptors (Lipinski definition) is 4. The quantitative estimate of drug-likeness (QED) is 0.870. The normalized spacial score (nSPS) is 20.7. The topological polar surface area (TPSA) is 58.1 Å². The van der Waals surface area contributed by atoms with Crippen LogP contribution in [0.5, 0.6) is 0 Å². The van der Waals surface area contributed by atoms with Crippen molar-refractivity contribution in [1.29, 1.82) is 0 Å². The van der Waals surface area contributed by atoms with E-state index in [1.54, 1.807) is 12.4 Å². The van der Waals surface area contributed by atoms with E-state index >= 15 is 0 Å². The van der Waals surface area contributed by atoms with Gasteiger partial charge in [-0.3, -0.25) is 4.79 Å². The minimum absolute atomic E-state index is 0.0797. The highest BCUT2D eigenvalue weighted by Crippen LogP contribution is 2.37. The molecule has 2 heterocycles. The molecule has 2 aromatic rings. The summed E-state index contributed by atoms with van der Waals surface area (Å²) < 4.78 is 0.